The first-order chi connectivity index (χ1) is 8.20. The Kier molecular flexibility index (Phi) is 5.26. The number of ether oxygens (including phenoxy) is 2. The molecular formula is C12H16O5. The Balaban J connectivity index is 2.92. The summed E-state index contributed by atoms with van der Waals surface area (Å²) < 4.78 is 15.0. The van der Waals surface area contributed by atoms with Crippen LogP contribution in [0.25, 0.3) is 0 Å². The SMILES string of the molecule is CCCCOc1c(C(=O)OCC)occc1=O. The highest BCUT2D eigenvalue weighted by Crippen LogP contribution is 2.14. The first-order valence-electron chi connectivity index (χ1n) is 5.62. The molecule has 0 spiro atoms. The minimum atomic E-state index is -0.684. The van der Waals surface area contributed by atoms with Gasteiger partial charge in [0, 0.05) is 6.07 Å². The lowest BCUT2D eigenvalue weighted by molar-refractivity contribution is 0.0479. The zero-order valence-electron chi connectivity index (χ0n) is 10.0. The summed E-state index contributed by atoms with van der Waals surface area (Å²) in [6, 6.07) is 1.21. The van der Waals surface area contributed by atoms with Crippen molar-refractivity contribution in [2.45, 2.75) is 26.7 Å². The van der Waals surface area contributed by atoms with E-state index >= 15 is 0 Å². The van der Waals surface area contributed by atoms with Gasteiger partial charge in [0.05, 0.1) is 19.5 Å². The third-order valence-electron chi connectivity index (χ3n) is 2.04. The lowest BCUT2D eigenvalue weighted by Crippen LogP contribution is -2.15. The molecule has 1 aromatic rings. The predicted molar refractivity (Wildman–Crippen MR) is 61.3 cm³/mol. The molecule has 0 aromatic carbocycles. The second-order valence-electron chi connectivity index (χ2n) is 3.37. The summed E-state index contributed by atoms with van der Waals surface area (Å²) >= 11 is 0. The number of esters is 1. The minimum absolute atomic E-state index is 0.0700. The molecule has 0 aliphatic rings. The molecule has 5 nitrogen and oxygen atoms in total. The van der Waals surface area contributed by atoms with Crippen LogP contribution in [0.3, 0.4) is 0 Å². The maximum absolute atomic E-state index is 11.6. The molecule has 0 amide bonds. The van der Waals surface area contributed by atoms with E-state index in [4.69, 9.17) is 13.9 Å². The Labute approximate surface area is 99.3 Å². The number of hydrogen-bond donors (Lipinski definition) is 0. The first kappa shape index (κ1) is 13.3. The molecular weight excluding hydrogens is 224 g/mol. The van der Waals surface area contributed by atoms with Gasteiger partial charge in [0.15, 0.2) is 0 Å². The summed E-state index contributed by atoms with van der Waals surface area (Å²) in [7, 11) is 0. The van der Waals surface area contributed by atoms with E-state index in [0.29, 0.717) is 6.61 Å². The van der Waals surface area contributed by atoms with Crippen LogP contribution in [0.1, 0.15) is 37.2 Å². The molecule has 0 saturated carbocycles. The summed E-state index contributed by atoms with van der Waals surface area (Å²) in [6.07, 6.45) is 2.89. The summed E-state index contributed by atoms with van der Waals surface area (Å²) in [5, 5.41) is 0. The van der Waals surface area contributed by atoms with Gasteiger partial charge >= 0.3 is 5.97 Å². The highest BCUT2D eigenvalue weighted by molar-refractivity contribution is 5.89. The quantitative estimate of drug-likeness (QED) is 0.562. The van der Waals surface area contributed by atoms with E-state index in [0.717, 1.165) is 19.1 Å². The van der Waals surface area contributed by atoms with Crippen LogP contribution in [-0.2, 0) is 4.74 Å². The van der Waals surface area contributed by atoms with Crippen molar-refractivity contribution in [3.05, 3.63) is 28.3 Å². The van der Waals surface area contributed by atoms with Crippen LogP contribution in [0.5, 0.6) is 5.75 Å². The van der Waals surface area contributed by atoms with Crippen LogP contribution in [-0.4, -0.2) is 19.2 Å². The highest BCUT2D eigenvalue weighted by atomic mass is 16.5. The standard InChI is InChI=1S/C12H16O5/c1-3-5-7-16-10-9(13)6-8-17-11(10)12(14)15-4-2/h6,8H,3-5,7H2,1-2H3. The fourth-order valence-corrected chi connectivity index (χ4v) is 1.20. The second-order valence-corrected chi connectivity index (χ2v) is 3.37. The normalized spacial score (nSPS) is 10.0. The van der Waals surface area contributed by atoms with Crippen molar-refractivity contribution in [1.82, 2.24) is 0 Å². The largest absolute Gasteiger partial charge is 0.486 e. The van der Waals surface area contributed by atoms with Crippen LogP contribution in [0.4, 0.5) is 0 Å². The van der Waals surface area contributed by atoms with Crippen molar-refractivity contribution in [3.63, 3.8) is 0 Å². The van der Waals surface area contributed by atoms with Gasteiger partial charge in [-0.05, 0) is 13.3 Å². The van der Waals surface area contributed by atoms with Crippen molar-refractivity contribution in [2.75, 3.05) is 13.2 Å². The number of carbonyl (C=O) groups is 1. The van der Waals surface area contributed by atoms with E-state index in [-0.39, 0.29) is 23.5 Å². The van der Waals surface area contributed by atoms with E-state index in [2.05, 4.69) is 0 Å². The molecule has 0 radical (unpaired) electrons. The molecule has 0 aliphatic carbocycles. The van der Waals surface area contributed by atoms with Crippen molar-refractivity contribution in [1.29, 1.82) is 0 Å². The Morgan fingerprint density at radius 1 is 1.41 bits per heavy atom. The highest BCUT2D eigenvalue weighted by Gasteiger charge is 2.19. The first-order valence-corrected chi connectivity index (χ1v) is 5.62. The molecule has 17 heavy (non-hydrogen) atoms. The molecule has 1 aromatic heterocycles. The smallest absolute Gasteiger partial charge is 0.378 e. The molecule has 0 saturated heterocycles. The predicted octanol–water partition coefficient (Wildman–Crippen LogP) is 2.00. The van der Waals surface area contributed by atoms with E-state index < -0.39 is 5.97 Å². The van der Waals surface area contributed by atoms with Gasteiger partial charge in [-0.1, -0.05) is 13.3 Å². The average Bonchev–Trinajstić information content (AvgIpc) is 2.31. The molecule has 0 aliphatic heterocycles. The minimum Gasteiger partial charge on any atom is -0.486 e. The van der Waals surface area contributed by atoms with Gasteiger partial charge in [-0.25, -0.2) is 4.79 Å². The van der Waals surface area contributed by atoms with E-state index in [1.807, 2.05) is 6.92 Å². The monoisotopic (exact) mass is 240 g/mol. The fraction of sp³-hybridized carbons (Fsp3) is 0.500. The summed E-state index contributed by atoms with van der Waals surface area (Å²) in [6.45, 7) is 4.27. The lowest BCUT2D eigenvalue weighted by Gasteiger charge is -2.07. The van der Waals surface area contributed by atoms with Crippen LogP contribution >= 0.6 is 0 Å². The summed E-state index contributed by atoms with van der Waals surface area (Å²) in [5.41, 5.74) is -0.379. The lowest BCUT2D eigenvalue weighted by atomic mass is 10.3. The Morgan fingerprint density at radius 2 is 2.18 bits per heavy atom. The second kappa shape index (κ2) is 6.73. The van der Waals surface area contributed by atoms with Gasteiger partial charge in [-0.3, -0.25) is 4.79 Å². The van der Waals surface area contributed by atoms with Crippen LogP contribution in [0.2, 0.25) is 0 Å². The average molecular weight is 240 g/mol. The molecule has 94 valence electrons. The van der Waals surface area contributed by atoms with Gasteiger partial charge in [0.1, 0.15) is 0 Å². The van der Waals surface area contributed by atoms with E-state index in [9.17, 15) is 9.59 Å². The van der Waals surface area contributed by atoms with Crippen molar-refractivity contribution in [2.24, 2.45) is 0 Å². The van der Waals surface area contributed by atoms with Gasteiger partial charge in [0.25, 0.3) is 5.76 Å². The number of hydrogen-bond acceptors (Lipinski definition) is 5. The van der Waals surface area contributed by atoms with Crippen LogP contribution in [0.15, 0.2) is 21.5 Å². The van der Waals surface area contributed by atoms with E-state index in [1.165, 1.54) is 6.07 Å². The van der Waals surface area contributed by atoms with Gasteiger partial charge in [-0.2, -0.15) is 0 Å². The Hall–Kier alpha value is -1.78. The van der Waals surface area contributed by atoms with Crippen molar-refractivity contribution >= 4 is 5.97 Å². The summed E-state index contributed by atoms with van der Waals surface area (Å²) in [4.78, 5) is 23.1. The maximum atomic E-state index is 11.6. The van der Waals surface area contributed by atoms with Gasteiger partial charge in [-0.15, -0.1) is 0 Å². The third kappa shape index (κ3) is 3.62. The molecule has 0 fully saturated rings. The third-order valence-corrected chi connectivity index (χ3v) is 2.04. The van der Waals surface area contributed by atoms with Crippen LogP contribution < -0.4 is 10.2 Å². The number of carbonyl (C=O) groups excluding carboxylic acids is 1. The van der Waals surface area contributed by atoms with Crippen LogP contribution in [0, 0.1) is 0 Å². The molecule has 1 rings (SSSR count). The van der Waals surface area contributed by atoms with Gasteiger partial charge < -0.3 is 13.9 Å². The molecule has 5 heteroatoms. The zero-order chi connectivity index (χ0) is 12.7. The fourth-order valence-electron chi connectivity index (χ4n) is 1.20. The molecule has 0 N–H and O–H groups in total. The molecule has 1 heterocycles. The Bertz CT molecular complexity index is 421. The number of unbranched alkanes of at least 4 members (excludes halogenated alkanes) is 1. The van der Waals surface area contributed by atoms with Crippen molar-refractivity contribution < 1.29 is 18.7 Å². The van der Waals surface area contributed by atoms with E-state index in [1.54, 1.807) is 6.92 Å². The molecule has 0 atom stereocenters. The number of rotatable bonds is 6. The maximum Gasteiger partial charge on any atom is 0.378 e. The Morgan fingerprint density at radius 3 is 2.82 bits per heavy atom. The summed E-state index contributed by atoms with van der Waals surface area (Å²) in [5.74, 6) is -0.924. The van der Waals surface area contributed by atoms with Crippen molar-refractivity contribution in [3.8, 4) is 5.75 Å². The van der Waals surface area contributed by atoms with Gasteiger partial charge in [0.2, 0.25) is 11.2 Å². The molecule has 0 unspecified atom stereocenters. The zero-order valence-corrected chi connectivity index (χ0v) is 10.0. The molecule has 0 bridgehead atoms. The topological polar surface area (TPSA) is 65.7 Å².